The second-order valence-electron chi connectivity index (χ2n) is 7.27. The third-order valence-electron chi connectivity index (χ3n) is 5.30. The number of carbonyl (C=O) groups is 1. The highest BCUT2D eigenvalue weighted by molar-refractivity contribution is 5.79. The van der Waals surface area contributed by atoms with E-state index >= 15 is 0 Å². The number of rotatable bonds is 5. The van der Waals surface area contributed by atoms with Crippen LogP contribution in [0.25, 0.3) is 17.2 Å². The lowest BCUT2D eigenvalue weighted by Gasteiger charge is -2.14. The topological polar surface area (TPSA) is 58.6 Å². The molecule has 0 heterocycles. The Hall–Kier alpha value is -3.60. The molecule has 0 unspecified atom stereocenters. The zero-order valence-corrected chi connectivity index (χ0v) is 16.6. The second-order valence-corrected chi connectivity index (χ2v) is 7.27. The molecule has 1 aliphatic rings. The van der Waals surface area contributed by atoms with Gasteiger partial charge in [0.1, 0.15) is 18.2 Å². The molecule has 0 fully saturated rings. The number of nitrogens with one attached hydrogen (secondary N) is 1. The Morgan fingerprint density at radius 2 is 1.73 bits per heavy atom. The van der Waals surface area contributed by atoms with Gasteiger partial charge in [-0.05, 0) is 46.9 Å². The molecule has 0 saturated heterocycles. The number of aryl methyl sites for hydroxylation is 1. The van der Waals surface area contributed by atoms with E-state index in [1.807, 2.05) is 24.3 Å². The molecule has 30 heavy (non-hydrogen) atoms. The molecular formula is C25H22FNO3. The minimum atomic E-state index is -0.527. The van der Waals surface area contributed by atoms with Gasteiger partial charge < -0.3 is 15.2 Å². The van der Waals surface area contributed by atoms with E-state index in [1.165, 1.54) is 23.3 Å². The van der Waals surface area contributed by atoms with Gasteiger partial charge in [0, 0.05) is 18.0 Å². The Bertz CT molecular complexity index is 1080. The fourth-order valence-corrected chi connectivity index (χ4v) is 3.87. The normalized spacial score (nSPS) is 12.6. The number of phenols is 1. The van der Waals surface area contributed by atoms with Gasteiger partial charge in [-0.25, -0.2) is 9.18 Å². The summed E-state index contributed by atoms with van der Waals surface area (Å²) in [6.45, 7) is 2.07. The van der Waals surface area contributed by atoms with Crippen molar-refractivity contribution in [2.45, 2.75) is 12.8 Å². The van der Waals surface area contributed by atoms with E-state index in [9.17, 15) is 14.3 Å². The van der Waals surface area contributed by atoms with Gasteiger partial charge in [0.15, 0.2) is 0 Å². The van der Waals surface area contributed by atoms with Crippen molar-refractivity contribution in [1.29, 1.82) is 0 Å². The SMILES string of the molecule is Cc1cc(F)cc(C=CCNC(=O)OCC2c3ccccc3-c3ccccc32)c1O. The maximum Gasteiger partial charge on any atom is 0.407 e. The molecule has 1 amide bonds. The Morgan fingerprint density at radius 1 is 1.10 bits per heavy atom. The number of carbonyl (C=O) groups excluding carboxylic acids is 1. The van der Waals surface area contributed by atoms with Crippen molar-refractivity contribution in [2.75, 3.05) is 13.2 Å². The summed E-state index contributed by atoms with van der Waals surface area (Å²) in [5, 5.41) is 12.6. The quantitative estimate of drug-likeness (QED) is 0.600. The first kappa shape index (κ1) is 19.7. The molecule has 3 aromatic rings. The summed E-state index contributed by atoms with van der Waals surface area (Å²) in [4.78, 5) is 12.1. The van der Waals surface area contributed by atoms with Gasteiger partial charge in [0.25, 0.3) is 0 Å². The molecule has 5 heteroatoms. The molecule has 1 aliphatic carbocycles. The summed E-state index contributed by atoms with van der Waals surface area (Å²) in [6, 6.07) is 18.8. The third-order valence-corrected chi connectivity index (χ3v) is 5.30. The number of alkyl carbamates (subject to hydrolysis) is 1. The Labute approximate surface area is 174 Å². The summed E-state index contributed by atoms with van der Waals surface area (Å²) in [5.74, 6) is -0.394. The lowest BCUT2D eigenvalue weighted by molar-refractivity contribution is 0.144. The van der Waals surface area contributed by atoms with Crippen molar-refractivity contribution < 1.29 is 19.0 Å². The van der Waals surface area contributed by atoms with Crippen molar-refractivity contribution in [3.8, 4) is 16.9 Å². The van der Waals surface area contributed by atoms with E-state index in [-0.39, 0.29) is 24.8 Å². The van der Waals surface area contributed by atoms with Gasteiger partial charge >= 0.3 is 6.09 Å². The molecule has 0 aliphatic heterocycles. The highest BCUT2D eigenvalue weighted by Crippen LogP contribution is 2.44. The number of benzene rings is 3. The van der Waals surface area contributed by atoms with Crippen molar-refractivity contribution in [1.82, 2.24) is 5.32 Å². The van der Waals surface area contributed by atoms with Gasteiger partial charge in [-0.1, -0.05) is 60.7 Å². The molecule has 0 aromatic heterocycles. The van der Waals surface area contributed by atoms with Crippen LogP contribution in [-0.2, 0) is 4.74 Å². The van der Waals surface area contributed by atoms with Gasteiger partial charge in [-0.15, -0.1) is 0 Å². The highest BCUT2D eigenvalue weighted by Gasteiger charge is 2.28. The number of fused-ring (bicyclic) bond motifs is 3. The average Bonchev–Trinajstić information content (AvgIpc) is 3.07. The number of aromatic hydroxyl groups is 1. The zero-order valence-electron chi connectivity index (χ0n) is 16.6. The van der Waals surface area contributed by atoms with Crippen LogP contribution in [0.5, 0.6) is 5.75 Å². The van der Waals surface area contributed by atoms with E-state index in [2.05, 4.69) is 29.6 Å². The van der Waals surface area contributed by atoms with E-state index < -0.39 is 11.9 Å². The largest absolute Gasteiger partial charge is 0.507 e. The van der Waals surface area contributed by atoms with Crippen LogP contribution in [-0.4, -0.2) is 24.4 Å². The molecule has 0 radical (unpaired) electrons. The van der Waals surface area contributed by atoms with Crippen LogP contribution < -0.4 is 5.32 Å². The number of phenolic OH excluding ortho intramolecular Hbond substituents is 1. The van der Waals surface area contributed by atoms with Crippen LogP contribution in [0.3, 0.4) is 0 Å². The van der Waals surface area contributed by atoms with Gasteiger partial charge in [-0.2, -0.15) is 0 Å². The van der Waals surface area contributed by atoms with Crippen LogP contribution in [0.4, 0.5) is 9.18 Å². The maximum absolute atomic E-state index is 13.5. The van der Waals surface area contributed by atoms with Crippen LogP contribution in [0.15, 0.2) is 66.7 Å². The minimum Gasteiger partial charge on any atom is -0.507 e. The van der Waals surface area contributed by atoms with E-state index in [4.69, 9.17) is 4.74 Å². The molecule has 152 valence electrons. The molecule has 4 rings (SSSR count). The molecule has 4 nitrogen and oxygen atoms in total. The van der Waals surface area contributed by atoms with Gasteiger partial charge in [-0.3, -0.25) is 0 Å². The van der Waals surface area contributed by atoms with E-state index in [1.54, 1.807) is 19.1 Å². The summed E-state index contributed by atoms with van der Waals surface area (Å²) >= 11 is 0. The molecule has 2 N–H and O–H groups in total. The fraction of sp³-hybridized carbons (Fsp3) is 0.160. The van der Waals surface area contributed by atoms with E-state index in [0.717, 1.165) is 11.1 Å². The van der Waals surface area contributed by atoms with Gasteiger partial charge in [0.05, 0.1) is 0 Å². The third kappa shape index (κ3) is 3.92. The number of ether oxygens (including phenoxy) is 1. The Balaban J connectivity index is 1.35. The first-order chi connectivity index (χ1) is 14.5. The molecule has 0 spiro atoms. The molecule has 0 bridgehead atoms. The number of hydrogen-bond donors (Lipinski definition) is 2. The fourth-order valence-electron chi connectivity index (χ4n) is 3.87. The molecule has 3 aromatic carbocycles. The number of amides is 1. The average molecular weight is 403 g/mol. The van der Waals surface area contributed by atoms with Gasteiger partial charge in [0.2, 0.25) is 0 Å². The van der Waals surface area contributed by atoms with Crippen molar-refractivity contribution in [2.24, 2.45) is 0 Å². The van der Waals surface area contributed by atoms with Crippen LogP contribution in [0.2, 0.25) is 0 Å². The van der Waals surface area contributed by atoms with Crippen molar-refractivity contribution in [3.05, 3.63) is 94.8 Å². The Morgan fingerprint density at radius 3 is 2.40 bits per heavy atom. The molecular weight excluding hydrogens is 381 g/mol. The molecule has 0 saturated carbocycles. The first-order valence-corrected chi connectivity index (χ1v) is 9.79. The molecule has 0 atom stereocenters. The number of halogens is 1. The first-order valence-electron chi connectivity index (χ1n) is 9.79. The van der Waals surface area contributed by atoms with Crippen LogP contribution in [0, 0.1) is 12.7 Å². The van der Waals surface area contributed by atoms with E-state index in [0.29, 0.717) is 11.1 Å². The number of hydrogen-bond acceptors (Lipinski definition) is 3. The Kier molecular flexibility index (Phi) is 5.53. The zero-order chi connectivity index (χ0) is 21.1. The van der Waals surface area contributed by atoms with Crippen LogP contribution >= 0.6 is 0 Å². The summed E-state index contributed by atoms with van der Waals surface area (Å²) in [7, 11) is 0. The predicted molar refractivity (Wildman–Crippen MR) is 115 cm³/mol. The predicted octanol–water partition coefficient (Wildman–Crippen LogP) is 5.39. The minimum absolute atomic E-state index is 0.00547. The monoisotopic (exact) mass is 403 g/mol. The van der Waals surface area contributed by atoms with Crippen molar-refractivity contribution >= 4 is 12.2 Å². The summed E-state index contributed by atoms with van der Waals surface area (Å²) < 4.78 is 18.9. The standard InChI is InChI=1S/C25H22FNO3/c1-16-13-18(26)14-17(24(16)28)7-6-12-27-25(29)30-15-23-21-10-4-2-8-19(21)20-9-3-5-11-22(20)23/h2-11,13-14,23,28H,12,15H2,1H3,(H,27,29). The smallest absolute Gasteiger partial charge is 0.407 e. The van der Waals surface area contributed by atoms with Crippen LogP contribution in [0.1, 0.15) is 28.2 Å². The lowest BCUT2D eigenvalue weighted by Crippen LogP contribution is -2.26. The summed E-state index contributed by atoms with van der Waals surface area (Å²) in [5.41, 5.74) is 5.48. The lowest BCUT2D eigenvalue weighted by atomic mass is 9.98. The summed E-state index contributed by atoms with van der Waals surface area (Å²) in [6.07, 6.45) is 2.67. The second kappa shape index (κ2) is 8.41. The highest BCUT2D eigenvalue weighted by atomic mass is 19.1. The van der Waals surface area contributed by atoms with Crippen molar-refractivity contribution in [3.63, 3.8) is 0 Å². The maximum atomic E-state index is 13.5.